The number of rotatable bonds is 8. The van der Waals surface area contributed by atoms with Crippen LogP contribution >= 0.6 is 0 Å². The highest BCUT2D eigenvalue weighted by atomic mass is 16.5. The van der Waals surface area contributed by atoms with Crippen LogP contribution in [0.3, 0.4) is 0 Å². The quantitative estimate of drug-likeness (QED) is 0.528. The van der Waals surface area contributed by atoms with E-state index >= 15 is 0 Å². The van der Waals surface area contributed by atoms with Crippen molar-refractivity contribution >= 4 is 23.2 Å². The van der Waals surface area contributed by atoms with Gasteiger partial charge in [-0.1, -0.05) is 18.2 Å². The Labute approximate surface area is 182 Å². The third-order valence-electron chi connectivity index (χ3n) is 4.56. The van der Waals surface area contributed by atoms with Crippen LogP contribution in [0.1, 0.15) is 35.3 Å². The van der Waals surface area contributed by atoms with E-state index in [0.29, 0.717) is 29.3 Å². The summed E-state index contributed by atoms with van der Waals surface area (Å²) in [5, 5.41) is 5.56. The van der Waals surface area contributed by atoms with E-state index in [2.05, 4.69) is 10.6 Å². The Morgan fingerprint density at radius 2 is 1.52 bits per heavy atom. The van der Waals surface area contributed by atoms with E-state index in [1.54, 1.807) is 42.5 Å². The fraction of sp³-hybridized carbons (Fsp3) is 0.200. The third-order valence-corrected chi connectivity index (χ3v) is 4.56. The summed E-state index contributed by atoms with van der Waals surface area (Å²) >= 11 is 0. The van der Waals surface area contributed by atoms with Crippen LogP contribution in [0, 0.1) is 6.92 Å². The van der Waals surface area contributed by atoms with Crippen molar-refractivity contribution in [2.45, 2.75) is 27.4 Å². The SMILES string of the molecule is CCOc1ccc(C(=O)Nc2ccc(NC(C)=O)cc2)cc1COc1ccccc1C. The van der Waals surface area contributed by atoms with Crippen LogP contribution in [0.25, 0.3) is 0 Å². The number of carbonyl (C=O) groups excluding carboxylic acids is 2. The van der Waals surface area contributed by atoms with Gasteiger partial charge in [0.1, 0.15) is 18.1 Å². The maximum Gasteiger partial charge on any atom is 0.255 e. The van der Waals surface area contributed by atoms with Crippen molar-refractivity contribution in [1.82, 2.24) is 0 Å². The smallest absolute Gasteiger partial charge is 0.255 e. The van der Waals surface area contributed by atoms with Crippen LogP contribution in [-0.2, 0) is 11.4 Å². The number of benzene rings is 3. The van der Waals surface area contributed by atoms with Gasteiger partial charge in [0.15, 0.2) is 0 Å². The summed E-state index contributed by atoms with van der Waals surface area (Å²) in [7, 11) is 0. The summed E-state index contributed by atoms with van der Waals surface area (Å²) in [5.41, 5.74) is 3.63. The van der Waals surface area contributed by atoms with E-state index in [-0.39, 0.29) is 18.4 Å². The van der Waals surface area contributed by atoms with Crippen molar-refractivity contribution in [2.24, 2.45) is 0 Å². The molecule has 0 atom stereocenters. The maximum absolute atomic E-state index is 12.8. The van der Waals surface area contributed by atoms with Gasteiger partial charge in [-0.15, -0.1) is 0 Å². The topological polar surface area (TPSA) is 76.7 Å². The van der Waals surface area contributed by atoms with Gasteiger partial charge < -0.3 is 20.1 Å². The largest absolute Gasteiger partial charge is 0.493 e. The van der Waals surface area contributed by atoms with E-state index in [0.717, 1.165) is 16.9 Å². The van der Waals surface area contributed by atoms with Crippen LogP contribution in [0.5, 0.6) is 11.5 Å². The number of aryl methyl sites for hydroxylation is 1. The highest BCUT2D eigenvalue weighted by Gasteiger charge is 2.12. The summed E-state index contributed by atoms with van der Waals surface area (Å²) in [4.78, 5) is 23.9. The molecule has 0 radical (unpaired) electrons. The Morgan fingerprint density at radius 1 is 0.839 bits per heavy atom. The molecule has 6 heteroatoms. The lowest BCUT2D eigenvalue weighted by atomic mass is 10.1. The predicted molar refractivity (Wildman–Crippen MR) is 122 cm³/mol. The first kappa shape index (κ1) is 21.9. The van der Waals surface area contributed by atoms with Gasteiger partial charge >= 0.3 is 0 Å². The van der Waals surface area contributed by atoms with Crippen LogP contribution in [-0.4, -0.2) is 18.4 Å². The molecule has 0 fully saturated rings. The second-order valence-corrected chi connectivity index (χ2v) is 7.02. The van der Waals surface area contributed by atoms with Gasteiger partial charge in [0.05, 0.1) is 6.61 Å². The maximum atomic E-state index is 12.8. The van der Waals surface area contributed by atoms with Crippen molar-refractivity contribution in [3.63, 3.8) is 0 Å². The Hall–Kier alpha value is -3.80. The molecule has 0 heterocycles. The standard InChI is InChI=1S/C25H26N2O4/c1-4-30-24-14-9-19(15-20(24)16-31-23-8-6-5-7-17(23)2)25(29)27-22-12-10-21(11-13-22)26-18(3)28/h5-15H,4,16H2,1-3H3,(H,26,28)(H,27,29). The highest BCUT2D eigenvalue weighted by molar-refractivity contribution is 6.04. The average molecular weight is 418 g/mol. The van der Waals surface area contributed by atoms with E-state index < -0.39 is 0 Å². The number of anilines is 2. The molecule has 0 aliphatic carbocycles. The molecule has 0 unspecified atom stereocenters. The molecule has 3 aromatic rings. The molecule has 0 bridgehead atoms. The molecule has 6 nitrogen and oxygen atoms in total. The van der Waals surface area contributed by atoms with Crippen LogP contribution in [0.4, 0.5) is 11.4 Å². The van der Waals surface area contributed by atoms with E-state index in [9.17, 15) is 9.59 Å². The second-order valence-electron chi connectivity index (χ2n) is 7.02. The fourth-order valence-electron chi connectivity index (χ4n) is 3.05. The van der Waals surface area contributed by atoms with Gasteiger partial charge in [0.25, 0.3) is 5.91 Å². The van der Waals surface area contributed by atoms with Gasteiger partial charge in [-0.05, 0) is 67.9 Å². The molecule has 0 aliphatic rings. The molecule has 160 valence electrons. The Bertz CT molecular complexity index is 1060. The van der Waals surface area contributed by atoms with Gasteiger partial charge in [-0.2, -0.15) is 0 Å². The molecule has 2 amide bonds. The van der Waals surface area contributed by atoms with Gasteiger partial charge in [0.2, 0.25) is 5.91 Å². The summed E-state index contributed by atoms with van der Waals surface area (Å²) in [6.07, 6.45) is 0. The molecular weight excluding hydrogens is 392 g/mol. The summed E-state index contributed by atoms with van der Waals surface area (Å²) in [6, 6.07) is 20.0. The first-order chi connectivity index (χ1) is 15.0. The summed E-state index contributed by atoms with van der Waals surface area (Å²) in [5.74, 6) is 1.09. The van der Waals surface area contributed by atoms with Crippen molar-refractivity contribution in [3.8, 4) is 11.5 Å². The molecule has 0 saturated heterocycles. The number of hydrogen-bond acceptors (Lipinski definition) is 4. The molecule has 3 aromatic carbocycles. The minimum Gasteiger partial charge on any atom is -0.493 e. The molecule has 0 saturated carbocycles. The first-order valence-corrected chi connectivity index (χ1v) is 10.1. The van der Waals surface area contributed by atoms with Gasteiger partial charge in [-0.3, -0.25) is 9.59 Å². The molecule has 2 N–H and O–H groups in total. The lowest BCUT2D eigenvalue weighted by molar-refractivity contribution is -0.114. The Morgan fingerprint density at radius 3 is 2.16 bits per heavy atom. The molecule has 31 heavy (non-hydrogen) atoms. The molecular formula is C25H26N2O4. The normalized spacial score (nSPS) is 10.3. The minimum absolute atomic E-state index is 0.147. The Kier molecular flexibility index (Phi) is 7.27. The van der Waals surface area contributed by atoms with Crippen molar-refractivity contribution in [1.29, 1.82) is 0 Å². The summed E-state index contributed by atoms with van der Waals surface area (Å²) in [6.45, 7) is 6.15. The number of nitrogens with one attached hydrogen (secondary N) is 2. The number of hydrogen-bond donors (Lipinski definition) is 2. The number of para-hydroxylation sites is 1. The van der Waals surface area contributed by atoms with Crippen LogP contribution in [0.2, 0.25) is 0 Å². The van der Waals surface area contributed by atoms with E-state index in [4.69, 9.17) is 9.47 Å². The van der Waals surface area contributed by atoms with Gasteiger partial charge in [0, 0.05) is 29.4 Å². The summed E-state index contributed by atoms with van der Waals surface area (Å²) < 4.78 is 11.7. The number of amides is 2. The zero-order valence-corrected chi connectivity index (χ0v) is 17.9. The lowest BCUT2D eigenvalue weighted by Crippen LogP contribution is -2.13. The fourth-order valence-corrected chi connectivity index (χ4v) is 3.05. The molecule has 3 rings (SSSR count). The van der Waals surface area contributed by atoms with Crippen LogP contribution in [0.15, 0.2) is 66.7 Å². The van der Waals surface area contributed by atoms with Crippen molar-refractivity contribution < 1.29 is 19.1 Å². The highest BCUT2D eigenvalue weighted by Crippen LogP contribution is 2.25. The zero-order chi connectivity index (χ0) is 22.2. The minimum atomic E-state index is -0.243. The first-order valence-electron chi connectivity index (χ1n) is 10.1. The third kappa shape index (κ3) is 6.09. The molecule has 0 aliphatic heterocycles. The number of carbonyl (C=O) groups is 2. The van der Waals surface area contributed by atoms with Crippen LogP contribution < -0.4 is 20.1 Å². The van der Waals surface area contributed by atoms with Crippen molar-refractivity contribution in [3.05, 3.63) is 83.4 Å². The zero-order valence-electron chi connectivity index (χ0n) is 17.9. The lowest BCUT2D eigenvalue weighted by Gasteiger charge is -2.14. The van der Waals surface area contributed by atoms with Gasteiger partial charge in [-0.25, -0.2) is 0 Å². The monoisotopic (exact) mass is 418 g/mol. The second kappa shape index (κ2) is 10.3. The average Bonchev–Trinajstić information content (AvgIpc) is 2.75. The molecule has 0 spiro atoms. The van der Waals surface area contributed by atoms with Crippen molar-refractivity contribution in [2.75, 3.05) is 17.2 Å². The molecule has 0 aromatic heterocycles. The predicted octanol–water partition coefficient (Wildman–Crippen LogP) is 5.18. The van der Waals surface area contributed by atoms with E-state index in [1.807, 2.05) is 38.1 Å². The Balaban J connectivity index is 1.74. The number of ether oxygens (including phenoxy) is 2. The van der Waals surface area contributed by atoms with E-state index in [1.165, 1.54) is 6.92 Å².